The maximum atomic E-state index is 12.0. The number of nitrogens with zero attached hydrogens (tertiary/aromatic N) is 1. The van der Waals surface area contributed by atoms with E-state index >= 15 is 0 Å². The van der Waals surface area contributed by atoms with Crippen LogP contribution in [0.3, 0.4) is 0 Å². The number of amides is 1. The van der Waals surface area contributed by atoms with E-state index in [1.54, 1.807) is 6.92 Å². The van der Waals surface area contributed by atoms with Crippen LogP contribution in [0.15, 0.2) is 18.2 Å². The Morgan fingerprint density at radius 2 is 2.00 bits per heavy atom. The third-order valence-corrected chi connectivity index (χ3v) is 2.37. The van der Waals surface area contributed by atoms with Crippen LogP contribution in [0.4, 0.5) is 13.2 Å². The number of hydrogen-bond acceptors (Lipinski definition) is 3. The number of ether oxygens (including phenoxy) is 1. The normalized spacial score (nSPS) is 11.3. The third kappa shape index (κ3) is 4.44. The molecule has 0 unspecified atom stereocenters. The number of halogens is 3. The van der Waals surface area contributed by atoms with Crippen LogP contribution in [-0.2, 0) is 4.84 Å². The Morgan fingerprint density at radius 1 is 1.37 bits per heavy atom. The first-order valence-corrected chi connectivity index (χ1v) is 5.37. The number of hydroxylamine groups is 2. The zero-order valence-electron chi connectivity index (χ0n) is 10.7. The summed E-state index contributed by atoms with van der Waals surface area (Å²) in [5.74, 6) is -0.304. The van der Waals surface area contributed by atoms with Crippen LogP contribution in [0, 0.1) is 6.92 Å². The molecule has 0 radical (unpaired) electrons. The average molecular weight is 277 g/mol. The van der Waals surface area contributed by atoms with E-state index in [1.807, 2.05) is 0 Å². The summed E-state index contributed by atoms with van der Waals surface area (Å²) in [7, 11) is 2.78. The first-order valence-electron chi connectivity index (χ1n) is 5.37. The van der Waals surface area contributed by atoms with Gasteiger partial charge >= 0.3 is 6.18 Å². The van der Waals surface area contributed by atoms with Gasteiger partial charge in [0.15, 0.2) is 6.61 Å². The molecule has 0 saturated carbocycles. The van der Waals surface area contributed by atoms with Crippen molar-refractivity contribution in [2.75, 3.05) is 20.8 Å². The molecule has 0 fully saturated rings. The SMILES string of the molecule is CON(C)C(=O)c1ccc(OCC(F)(F)F)c(C)c1. The van der Waals surface area contributed by atoms with Crippen LogP contribution < -0.4 is 4.74 Å². The van der Waals surface area contributed by atoms with Crippen molar-refractivity contribution in [2.45, 2.75) is 13.1 Å². The van der Waals surface area contributed by atoms with Crippen LogP contribution in [-0.4, -0.2) is 37.9 Å². The standard InChI is InChI=1S/C12H14F3NO3/c1-8-6-9(11(17)16(2)18-3)4-5-10(8)19-7-12(13,14)15/h4-6H,7H2,1-3H3. The molecule has 0 aliphatic carbocycles. The van der Waals surface area contributed by atoms with Crippen LogP contribution in [0.2, 0.25) is 0 Å². The molecule has 7 heteroatoms. The van der Waals surface area contributed by atoms with Crippen molar-refractivity contribution in [3.8, 4) is 5.75 Å². The Hall–Kier alpha value is -1.76. The van der Waals surface area contributed by atoms with Crippen molar-refractivity contribution in [3.63, 3.8) is 0 Å². The highest BCUT2D eigenvalue weighted by Gasteiger charge is 2.28. The van der Waals surface area contributed by atoms with Gasteiger partial charge in [-0.2, -0.15) is 13.2 Å². The lowest BCUT2D eigenvalue weighted by atomic mass is 10.1. The predicted octanol–water partition coefficient (Wildman–Crippen LogP) is 2.57. The minimum Gasteiger partial charge on any atom is -0.484 e. The first kappa shape index (κ1) is 15.3. The van der Waals surface area contributed by atoms with E-state index in [0.29, 0.717) is 11.1 Å². The molecular weight excluding hydrogens is 263 g/mol. The van der Waals surface area contributed by atoms with Crippen LogP contribution in [0.25, 0.3) is 0 Å². The van der Waals surface area contributed by atoms with Gasteiger partial charge in [-0.25, -0.2) is 5.06 Å². The minimum absolute atomic E-state index is 0.0916. The van der Waals surface area contributed by atoms with E-state index in [9.17, 15) is 18.0 Å². The second-order valence-electron chi connectivity index (χ2n) is 3.87. The molecule has 19 heavy (non-hydrogen) atoms. The highest BCUT2D eigenvalue weighted by atomic mass is 19.4. The highest BCUT2D eigenvalue weighted by molar-refractivity contribution is 5.93. The van der Waals surface area contributed by atoms with Crippen LogP contribution >= 0.6 is 0 Å². The molecule has 0 spiro atoms. The van der Waals surface area contributed by atoms with Gasteiger partial charge in [0.1, 0.15) is 5.75 Å². The molecule has 0 saturated heterocycles. The van der Waals surface area contributed by atoms with Gasteiger partial charge < -0.3 is 4.74 Å². The summed E-state index contributed by atoms with van der Waals surface area (Å²) < 4.78 is 40.7. The summed E-state index contributed by atoms with van der Waals surface area (Å²) in [5, 5.41) is 1.02. The monoisotopic (exact) mass is 277 g/mol. The summed E-state index contributed by atoms with van der Waals surface area (Å²) in [6.07, 6.45) is -4.39. The van der Waals surface area contributed by atoms with Gasteiger partial charge in [-0.05, 0) is 30.7 Å². The van der Waals surface area contributed by atoms with Gasteiger partial charge in [0.05, 0.1) is 7.11 Å². The van der Waals surface area contributed by atoms with Gasteiger partial charge in [-0.1, -0.05) is 0 Å². The molecule has 0 N–H and O–H groups in total. The van der Waals surface area contributed by atoms with Gasteiger partial charge in [-0.3, -0.25) is 9.63 Å². The van der Waals surface area contributed by atoms with Crippen molar-refractivity contribution in [1.82, 2.24) is 5.06 Å². The van der Waals surface area contributed by atoms with Gasteiger partial charge in [0.2, 0.25) is 0 Å². The fourth-order valence-electron chi connectivity index (χ4n) is 1.37. The third-order valence-electron chi connectivity index (χ3n) is 2.37. The zero-order chi connectivity index (χ0) is 14.6. The van der Waals surface area contributed by atoms with Gasteiger partial charge in [-0.15, -0.1) is 0 Å². The molecule has 0 aliphatic rings. The molecule has 0 atom stereocenters. The Balaban J connectivity index is 2.83. The number of hydrogen-bond donors (Lipinski definition) is 0. The molecule has 0 bridgehead atoms. The molecular formula is C12H14F3NO3. The molecule has 1 rings (SSSR count). The fraction of sp³-hybridized carbons (Fsp3) is 0.417. The topological polar surface area (TPSA) is 38.8 Å². The molecule has 0 aliphatic heterocycles. The lowest BCUT2D eigenvalue weighted by Gasteiger charge is -2.15. The second kappa shape index (κ2) is 5.92. The summed E-state index contributed by atoms with van der Waals surface area (Å²) in [6.45, 7) is 0.203. The molecule has 1 amide bonds. The summed E-state index contributed by atoms with van der Waals surface area (Å²) >= 11 is 0. The van der Waals surface area contributed by atoms with Crippen LogP contribution in [0.5, 0.6) is 5.75 Å². The fourth-order valence-corrected chi connectivity index (χ4v) is 1.37. The molecule has 1 aromatic carbocycles. The molecule has 106 valence electrons. The average Bonchev–Trinajstić information content (AvgIpc) is 2.34. The lowest BCUT2D eigenvalue weighted by molar-refractivity contribution is -0.153. The Morgan fingerprint density at radius 3 is 2.47 bits per heavy atom. The van der Waals surface area contributed by atoms with E-state index in [0.717, 1.165) is 5.06 Å². The molecule has 0 heterocycles. The lowest BCUT2D eigenvalue weighted by Crippen LogP contribution is -2.25. The molecule has 1 aromatic rings. The van der Waals surface area contributed by atoms with Crippen molar-refractivity contribution < 1.29 is 27.5 Å². The van der Waals surface area contributed by atoms with E-state index < -0.39 is 18.7 Å². The maximum Gasteiger partial charge on any atom is 0.422 e. The smallest absolute Gasteiger partial charge is 0.422 e. The Labute approximate surface area is 108 Å². The quantitative estimate of drug-likeness (QED) is 0.794. The van der Waals surface area contributed by atoms with Gasteiger partial charge in [0, 0.05) is 12.6 Å². The first-order chi connectivity index (χ1) is 8.74. The van der Waals surface area contributed by atoms with Crippen molar-refractivity contribution in [1.29, 1.82) is 0 Å². The second-order valence-corrected chi connectivity index (χ2v) is 3.87. The predicted molar refractivity (Wildman–Crippen MR) is 61.8 cm³/mol. The Bertz CT molecular complexity index is 460. The largest absolute Gasteiger partial charge is 0.484 e. The number of alkyl halides is 3. The van der Waals surface area contributed by atoms with E-state index in [1.165, 1.54) is 32.4 Å². The number of carbonyl (C=O) groups excluding carboxylic acids is 1. The Kier molecular flexibility index (Phi) is 4.77. The van der Waals surface area contributed by atoms with Crippen molar-refractivity contribution in [3.05, 3.63) is 29.3 Å². The summed E-state index contributed by atoms with van der Waals surface area (Å²) in [4.78, 5) is 16.5. The number of aryl methyl sites for hydroxylation is 1. The van der Waals surface area contributed by atoms with Crippen molar-refractivity contribution in [2.24, 2.45) is 0 Å². The maximum absolute atomic E-state index is 12.0. The highest BCUT2D eigenvalue weighted by Crippen LogP contribution is 2.23. The zero-order valence-corrected chi connectivity index (χ0v) is 10.7. The van der Waals surface area contributed by atoms with Crippen LogP contribution in [0.1, 0.15) is 15.9 Å². The number of benzene rings is 1. The molecule has 4 nitrogen and oxygen atoms in total. The summed E-state index contributed by atoms with van der Waals surface area (Å²) in [6, 6.07) is 4.16. The van der Waals surface area contributed by atoms with Crippen molar-refractivity contribution >= 4 is 5.91 Å². The summed E-state index contributed by atoms with van der Waals surface area (Å²) in [5.41, 5.74) is 0.751. The number of carbonyl (C=O) groups is 1. The van der Waals surface area contributed by atoms with E-state index in [-0.39, 0.29) is 5.75 Å². The number of rotatable bonds is 4. The van der Waals surface area contributed by atoms with E-state index in [4.69, 9.17) is 4.84 Å². The molecule has 0 aromatic heterocycles. The van der Waals surface area contributed by atoms with E-state index in [2.05, 4.69) is 4.74 Å². The minimum atomic E-state index is -4.39. The van der Waals surface area contributed by atoms with Gasteiger partial charge in [0.25, 0.3) is 5.91 Å².